The first-order chi connectivity index (χ1) is 14.2. The number of phenols is 1. The third kappa shape index (κ3) is 4.02. The third-order valence-corrected chi connectivity index (χ3v) is 5.19. The number of likely N-dealkylation sites (N-methyl/N-ethyl adjacent to an activating group) is 1. The van der Waals surface area contributed by atoms with Crippen LogP contribution in [0.25, 0.3) is 22.0 Å². The molecule has 0 bridgehead atoms. The molecule has 158 valence electrons. The van der Waals surface area contributed by atoms with Gasteiger partial charge in [-0.05, 0) is 25.2 Å². The van der Waals surface area contributed by atoms with Crippen molar-refractivity contribution >= 4 is 16.6 Å². The van der Waals surface area contributed by atoms with E-state index in [2.05, 4.69) is 15.5 Å². The number of rotatable bonds is 3. The first-order valence-corrected chi connectivity index (χ1v) is 9.47. The lowest BCUT2D eigenvalue weighted by molar-refractivity contribution is -0.137. The van der Waals surface area contributed by atoms with Crippen molar-refractivity contribution in [2.75, 3.05) is 25.5 Å². The highest BCUT2D eigenvalue weighted by Gasteiger charge is 2.31. The molecule has 0 aliphatic carbocycles. The molecule has 1 saturated heterocycles. The molecule has 1 aliphatic rings. The van der Waals surface area contributed by atoms with Crippen LogP contribution in [0, 0.1) is 0 Å². The Labute approximate surface area is 170 Å². The van der Waals surface area contributed by atoms with E-state index in [9.17, 15) is 22.7 Å². The fraction of sp³-hybridized carbons (Fsp3) is 0.333. The minimum absolute atomic E-state index is 0.151. The van der Waals surface area contributed by atoms with Gasteiger partial charge in [-0.2, -0.15) is 13.2 Å². The summed E-state index contributed by atoms with van der Waals surface area (Å²) in [5.74, 6) is -0.0626. The van der Waals surface area contributed by atoms with E-state index in [1.165, 1.54) is 6.07 Å². The van der Waals surface area contributed by atoms with Gasteiger partial charge < -0.3 is 15.3 Å². The number of halogens is 4. The maximum absolute atomic E-state index is 13.9. The summed E-state index contributed by atoms with van der Waals surface area (Å²) in [7, 11) is 1.85. The van der Waals surface area contributed by atoms with Gasteiger partial charge >= 0.3 is 6.18 Å². The molecule has 4 rings (SSSR count). The number of fused-ring (bicyclic) bond motifs is 1. The van der Waals surface area contributed by atoms with Crippen LogP contribution in [-0.2, 0) is 6.18 Å². The number of anilines is 1. The summed E-state index contributed by atoms with van der Waals surface area (Å²) in [6, 6.07) is 9.74. The summed E-state index contributed by atoms with van der Waals surface area (Å²) in [6.45, 7) is 1.04. The number of hydrogen-bond donors (Lipinski definition) is 2. The highest BCUT2D eigenvalue weighted by molar-refractivity contribution is 6.00. The largest absolute Gasteiger partial charge is 0.507 e. The zero-order valence-electron chi connectivity index (χ0n) is 16.1. The second-order valence-corrected chi connectivity index (χ2v) is 7.57. The van der Waals surface area contributed by atoms with Gasteiger partial charge in [-0.3, -0.25) is 0 Å². The average molecular weight is 420 g/mol. The fourth-order valence-corrected chi connectivity index (χ4v) is 3.86. The second kappa shape index (κ2) is 7.71. The van der Waals surface area contributed by atoms with Gasteiger partial charge in [0.25, 0.3) is 0 Å². The zero-order chi connectivity index (χ0) is 21.5. The highest BCUT2D eigenvalue weighted by atomic mass is 19.4. The van der Waals surface area contributed by atoms with E-state index in [0.29, 0.717) is 42.2 Å². The Hall–Kier alpha value is -2.94. The number of alkyl halides is 4. The lowest BCUT2D eigenvalue weighted by Crippen LogP contribution is -2.45. The van der Waals surface area contributed by atoms with Gasteiger partial charge in [0.05, 0.1) is 5.56 Å². The Bertz CT molecular complexity index is 1060. The summed E-state index contributed by atoms with van der Waals surface area (Å²) < 4.78 is 52.6. The molecule has 1 aromatic heterocycles. The predicted octanol–water partition coefficient (Wildman–Crippen LogP) is 4.48. The van der Waals surface area contributed by atoms with E-state index in [1.54, 1.807) is 24.3 Å². The maximum Gasteiger partial charge on any atom is 0.416 e. The second-order valence-electron chi connectivity index (χ2n) is 7.57. The zero-order valence-corrected chi connectivity index (χ0v) is 16.1. The van der Waals surface area contributed by atoms with Crippen LogP contribution in [0.4, 0.5) is 23.4 Å². The van der Waals surface area contributed by atoms with E-state index in [-0.39, 0.29) is 17.3 Å². The molecule has 2 N–H and O–H groups in total. The molecule has 0 saturated carbocycles. The van der Waals surface area contributed by atoms with Crippen LogP contribution in [0.15, 0.2) is 42.5 Å². The number of aromatic nitrogens is 2. The molecule has 3 aromatic rings. The number of benzene rings is 2. The van der Waals surface area contributed by atoms with E-state index in [0.717, 1.165) is 6.07 Å². The van der Waals surface area contributed by atoms with Crippen molar-refractivity contribution in [3.63, 3.8) is 0 Å². The van der Waals surface area contributed by atoms with Crippen LogP contribution >= 0.6 is 0 Å². The van der Waals surface area contributed by atoms with E-state index in [1.807, 2.05) is 11.9 Å². The Morgan fingerprint density at radius 2 is 1.80 bits per heavy atom. The lowest BCUT2D eigenvalue weighted by atomic mass is 10.0. The summed E-state index contributed by atoms with van der Waals surface area (Å²) in [4.78, 5) is 1.90. The molecule has 0 radical (unpaired) electrons. The standard InChI is InChI=1S/C21H20F4N4O/c1-29-10-13(22)9-14(11-29)26-20-16-5-3-2-4-15(16)19(27-28-20)17-7-6-12(8-18(17)30)21(23,24)25/h2-8,13-14,30H,9-11H2,1H3,(H,26,28)/t13-,14-/m0/s1. The van der Waals surface area contributed by atoms with Crippen LogP contribution in [-0.4, -0.2) is 52.6 Å². The first-order valence-electron chi connectivity index (χ1n) is 9.47. The Balaban J connectivity index is 1.73. The van der Waals surface area contributed by atoms with Crippen molar-refractivity contribution < 1.29 is 22.7 Å². The van der Waals surface area contributed by atoms with Crippen molar-refractivity contribution in [3.8, 4) is 17.0 Å². The molecule has 1 aliphatic heterocycles. The maximum atomic E-state index is 13.9. The van der Waals surface area contributed by atoms with Gasteiger partial charge in [-0.25, -0.2) is 4.39 Å². The van der Waals surface area contributed by atoms with E-state index in [4.69, 9.17) is 0 Å². The number of nitrogens with one attached hydrogen (secondary N) is 1. The number of phenolic OH excluding ortho intramolecular Hbond substituents is 1. The van der Waals surface area contributed by atoms with Crippen LogP contribution in [0.3, 0.4) is 0 Å². The molecule has 0 amide bonds. The van der Waals surface area contributed by atoms with Crippen LogP contribution in [0.2, 0.25) is 0 Å². The molecule has 2 heterocycles. The number of hydrogen-bond acceptors (Lipinski definition) is 5. The molecule has 0 spiro atoms. The summed E-state index contributed by atoms with van der Waals surface area (Å²) in [5.41, 5.74) is -0.521. The number of nitrogens with zero attached hydrogens (tertiary/aromatic N) is 3. The monoisotopic (exact) mass is 420 g/mol. The molecular formula is C21H20F4N4O. The number of piperidine rings is 1. The number of aromatic hydroxyl groups is 1. The molecule has 9 heteroatoms. The van der Waals surface area contributed by atoms with E-state index < -0.39 is 23.7 Å². The van der Waals surface area contributed by atoms with Crippen LogP contribution < -0.4 is 5.32 Å². The minimum atomic E-state index is -4.56. The van der Waals surface area contributed by atoms with Crippen LogP contribution in [0.1, 0.15) is 12.0 Å². The summed E-state index contributed by atoms with van der Waals surface area (Å²) in [6.07, 6.45) is -5.15. The molecule has 2 aromatic carbocycles. The molecule has 5 nitrogen and oxygen atoms in total. The highest BCUT2D eigenvalue weighted by Crippen LogP contribution is 2.38. The van der Waals surface area contributed by atoms with Crippen molar-refractivity contribution in [2.24, 2.45) is 0 Å². The van der Waals surface area contributed by atoms with Crippen molar-refractivity contribution in [2.45, 2.75) is 24.8 Å². The lowest BCUT2D eigenvalue weighted by Gasteiger charge is -2.32. The topological polar surface area (TPSA) is 61.3 Å². The van der Waals surface area contributed by atoms with Gasteiger partial charge in [-0.1, -0.05) is 24.3 Å². The number of likely N-dealkylation sites (tertiary alicyclic amines) is 1. The summed E-state index contributed by atoms with van der Waals surface area (Å²) >= 11 is 0. The molecule has 2 atom stereocenters. The fourth-order valence-electron chi connectivity index (χ4n) is 3.86. The Morgan fingerprint density at radius 1 is 1.07 bits per heavy atom. The molecule has 30 heavy (non-hydrogen) atoms. The Kier molecular flexibility index (Phi) is 5.23. The van der Waals surface area contributed by atoms with Gasteiger partial charge in [0.2, 0.25) is 0 Å². The minimum Gasteiger partial charge on any atom is -0.507 e. The van der Waals surface area contributed by atoms with E-state index >= 15 is 0 Å². The van der Waals surface area contributed by atoms with Crippen molar-refractivity contribution in [1.29, 1.82) is 0 Å². The van der Waals surface area contributed by atoms with Gasteiger partial charge in [0.1, 0.15) is 17.6 Å². The average Bonchev–Trinajstić information content (AvgIpc) is 2.67. The van der Waals surface area contributed by atoms with Crippen LogP contribution in [0.5, 0.6) is 5.75 Å². The predicted molar refractivity (Wildman–Crippen MR) is 106 cm³/mol. The Morgan fingerprint density at radius 3 is 2.47 bits per heavy atom. The quantitative estimate of drug-likeness (QED) is 0.612. The molecule has 0 unspecified atom stereocenters. The van der Waals surface area contributed by atoms with Gasteiger partial charge in [0, 0.05) is 41.9 Å². The summed E-state index contributed by atoms with van der Waals surface area (Å²) in [5, 5.41) is 23.1. The molecule has 1 fully saturated rings. The normalized spacial score (nSPS) is 20.4. The van der Waals surface area contributed by atoms with Gasteiger partial charge in [0.15, 0.2) is 5.82 Å². The third-order valence-electron chi connectivity index (χ3n) is 5.19. The van der Waals surface area contributed by atoms with Crippen molar-refractivity contribution in [1.82, 2.24) is 15.1 Å². The smallest absolute Gasteiger partial charge is 0.416 e. The van der Waals surface area contributed by atoms with Crippen molar-refractivity contribution in [3.05, 3.63) is 48.0 Å². The van der Waals surface area contributed by atoms with Gasteiger partial charge in [-0.15, -0.1) is 10.2 Å². The SMILES string of the molecule is CN1C[C@@H](F)C[C@H](Nc2nnc(-c3ccc(C(F)(F)F)cc3O)c3ccccc23)C1. The first kappa shape index (κ1) is 20.3. The molecular weight excluding hydrogens is 400 g/mol.